The molecule has 164 valence electrons. The van der Waals surface area contributed by atoms with Gasteiger partial charge < -0.3 is 19.2 Å². The lowest BCUT2D eigenvalue weighted by molar-refractivity contribution is -0.121. The van der Waals surface area contributed by atoms with Gasteiger partial charge in [-0.2, -0.15) is 0 Å². The van der Waals surface area contributed by atoms with Crippen molar-refractivity contribution >= 4 is 16.9 Å². The van der Waals surface area contributed by atoms with E-state index in [1.165, 1.54) is 12.0 Å². The van der Waals surface area contributed by atoms with E-state index in [9.17, 15) is 4.79 Å². The summed E-state index contributed by atoms with van der Waals surface area (Å²) in [6.45, 7) is 3.18. The second kappa shape index (κ2) is 9.46. The number of para-hydroxylation sites is 1. The van der Waals surface area contributed by atoms with Crippen LogP contribution in [-0.2, 0) is 16.6 Å². The Labute approximate surface area is 183 Å². The molecule has 1 aliphatic carbocycles. The van der Waals surface area contributed by atoms with E-state index >= 15 is 0 Å². The van der Waals surface area contributed by atoms with Crippen LogP contribution in [0.5, 0.6) is 11.5 Å². The highest BCUT2D eigenvalue weighted by molar-refractivity contribution is 5.82. The number of benzene rings is 2. The smallest absolute Gasteiger partial charge is 0.227 e. The van der Waals surface area contributed by atoms with E-state index in [2.05, 4.69) is 17.4 Å². The van der Waals surface area contributed by atoms with Crippen molar-refractivity contribution in [3.8, 4) is 11.5 Å². The van der Waals surface area contributed by atoms with Gasteiger partial charge in [-0.1, -0.05) is 43.5 Å². The van der Waals surface area contributed by atoms with Gasteiger partial charge in [0.25, 0.3) is 0 Å². The summed E-state index contributed by atoms with van der Waals surface area (Å²) in [5.74, 6) is 2.19. The number of hydrogen-bond acceptors (Lipinski definition) is 4. The first kappa shape index (κ1) is 21.3. The Morgan fingerprint density at radius 1 is 1.06 bits per heavy atom. The lowest BCUT2D eigenvalue weighted by Crippen LogP contribution is -2.42. The van der Waals surface area contributed by atoms with E-state index in [1.807, 2.05) is 43.3 Å². The normalized spacial score (nSPS) is 15.5. The van der Waals surface area contributed by atoms with E-state index in [0.717, 1.165) is 48.2 Å². The molecule has 31 heavy (non-hydrogen) atoms. The third-order valence-electron chi connectivity index (χ3n) is 6.32. The Hall–Kier alpha value is -2.95. The van der Waals surface area contributed by atoms with Crippen LogP contribution >= 0.6 is 0 Å². The van der Waals surface area contributed by atoms with Gasteiger partial charge in [0.15, 0.2) is 11.5 Å². The van der Waals surface area contributed by atoms with E-state index < -0.39 is 0 Å². The lowest BCUT2D eigenvalue weighted by atomic mass is 9.69. The fourth-order valence-electron chi connectivity index (χ4n) is 4.68. The van der Waals surface area contributed by atoms with Crippen molar-refractivity contribution in [1.29, 1.82) is 0 Å². The molecule has 0 spiro atoms. The number of methoxy groups -OCH3 is 1. The summed E-state index contributed by atoms with van der Waals surface area (Å²) in [5.41, 5.74) is 1.94. The Bertz CT molecular complexity index is 1000. The molecule has 0 saturated heterocycles. The summed E-state index contributed by atoms with van der Waals surface area (Å²) in [4.78, 5) is 12.8. The number of fused-ring (bicyclic) bond motifs is 1. The predicted molar refractivity (Wildman–Crippen MR) is 122 cm³/mol. The van der Waals surface area contributed by atoms with Gasteiger partial charge in [0.05, 0.1) is 20.1 Å². The van der Waals surface area contributed by atoms with Crippen LogP contribution in [0.1, 0.15) is 50.4 Å². The zero-order valence-corrected chi connectivity index (χ0v) is 18.4. The summed E-state index contributed by atoms with van der Waals surface area (Å²) in [6, 6.07) is 16.0. The molecule has 1 amide bonds. The number of ether oxygens (including phenoxy) is 2. The van der Waals surface area contributed by atoms with Crippen LogP contribution in [0.25, 0.3) is 11.0 Å². The molecule has 4 rings (SSSR count). The van der Waals surface area contributed by atoms with Crippen LogP contribution in [0, 0.1) is 0 Å². The first-order chi connectivity index (χ1) is 15.1. The van der Waals surface area contributed by atoms with Gasteiger partial charge >= 0.3 is 0 Å². The fraction of sp³-hybridized carbons (Fsp3) is 0.423. The molecule has 0 aliphatic heterocycles. The number of rotatable bonds is 8. The Morgan fingerprint density at radius 3 is 2.61 bits per heavy atom. The third-order valence-corrected chi connectivity index (χ3v) is 6.32. The predicted octanol–water partition coefficient (Wildman–Crippen LogP) is 5.40. The van der Waals surface area contributed by atoms with Crippen LogP contribution in [0.4, 0.5) is 0 Å². The molecule has 3 aromatic rings. The Kier molecular flexibility index (Phi) is 6.50. The van der Waals surface area contributed by atoms with Gasteiger partial charge in [-0.25, -0.2) is 0 Å². The summed E-state index contributed by atoms with van der Waals surface area (Å²) in [6.07, 6.45) is 5.91. The average Bonchev–Trinajstić information content (AvgIpc) is 3.21. The maximum absolute atomic E-state index is 12.8. The summed E-state index contributed by atoms with van der Waals surface area (Å²) < 4.78 is 17.1. The van der Waals surface area contributed by atoms with E-state index in [0.29, 0.717) is 18.9 Å². The standard InChI is InChI=1S/C26H31NO4/c1-3-30-23-12-11-20(16-24(23)29-2)26(13-7-4-8-14-26)18-27-25(28)17-21-15-19-9-5-6-10-22(19)31-21/h5-6,9-12,15-16H,3-4,7-8,13-14,17-18H2,1-2H3,(H,27,28). The molecule has 2 aromatic carbocycles. The molecule has 1 saturated carbocycles. The highest BCUT2D eigenvalue weighted by Crippen LogP contribution is 2.42. The van der Waals surface area contributed by atoms with Crippen molar-refractivity contribution in [1.82, 2.24) is 5.32 Å². The first-order valence-electron chi connectivity index (χ1n) is 11.2. The third kappa shape index (κ3) is 4.71. The van der Waals surface area contributed by atoms with E-state index in [4.69, 9.17) is 13.9 Å². The quantitative estimate of drug-likeness (QED) is 0.529. The topological polar surface area (TPSA) is 60.7 Å². The van der Waals surface area contributed by atoms with Crippen molar-refractivity contribution in [2.75, 3.05) is 20.3 Å². The van der Waals surface area contributed by atoms with Gasteiger partial charge in [0, 0.05) is 17.3 Å². The van der Waals surface area contributed by atoms with Crippen molar-refractivity contribution < 1.29 is 18.7 Å². The molecule has 1 aliphatic rings. The number of hydrogen-bond donors (Lipinski definition) is 1. The van der Waals surface area contributed by atoms with Crippen LogP contribution in [0.3, 0.4) is 0 Å². The molecule has 1 heterocycles. The average molecular weight is 422 g/mol. The zero-order chi connectivity index (χ0) is 21.7. The number of carbonyl (C=O) groups is 1. The number of carbonyl (C=O) groups excluding carboxylic acids is 1. The monoisotopic (exact) mass is 421 g/mol. The van der Waals surface area contributed by atoms with Crippen molar-refractivity contribution in [3.63, 3.8) is 0 Å². The molecular formula is C26H31NO4. The second-order valence-electron chi connectivity index (χ2n) is 8.34. The molecule has 1 N–H and O–H groups in total. The highest BCUT2D eigenvalue weighted by Gasteiger charge is 2.35. The lowest BCUT2D eigenvalue weighted by Gasteiger charge is -2.38. The van der Waals surface area contributed by atoms with Crippen molar-refractivity contribution in [2.45, 2.75) is 50.9 Å². The van der Waals surface area contributed by atoms with Gasteiger partial charge in [0.1, 0.15) is 11.3 Å². The largest absolute Gasteiger partial charge is 0.493 e. The summed E-state index contributed by atoms with van der Waals surface area (Å²) >= 11 is 0. The van der Waals surface area contributed by atoms with Gasteiger partial charge in [-0.3, -0.25) is 4.79 Å². The summed E-state index contributed by atoms with van der Waals surface area (Å²) in [5, 5.41) is 4.21. The van der Waals surface area contributed by atoms with Crippen LogP contribution in [-0.4, -0.2) is 26.2 Å². The van der Waals surface area contributed by atoms with Gasteiger partial charge in [0.2, 0.25) is 5.91 Å². The number of nitrogens with one attached hydrogen (secondary N) is 1. The Balaban J connectivity index is 1.49. The minimum Gasteiger partial charge on any atom is -0.493 e. The molecule has 0 atom stereocenters. The number of furan rings is 1. The molecule has 0 bridgehead atoms. The SMILES string of the molecule is CCOc1ccc(C2(CNC(=O)Cc3cc4ccccc4o3)CCCCC2)cc1OC. The Morgan fingerprint density at radius 2 is 1.87 bits per heavy atom. The van der Waals surface area contributed by atoms with E-state index in [1.54, 1.807) is 7.11 Å². The highest BCUT2D eigenvalue weighted by atomic mass is 16.5. The molecule has 0 radical (unpaired) electrons. The maximum Gasteiger partial charge on any atom is 0.227 e. The molecule has 0 unspecified atom stereocenters. The molecule has 5 heteroatoms. The molecule has 1 fully saturated rings. The fourth-order valence-corrected chi connectivity index (χ4v) is 4.68. The first-order valence-corrected chi connectivity index (χ1v) is 11.2. The number of amides is 1. The molecular weight excluding hydrogens is 390 g/mol. The van der Waals surface area contributed by atoms with Crippen molar-refractivity contribution in [3.05, 3.63) is 59.9 Å². The van der Waals surface area contributed by atoms with E-state index in [-0.39, 0.29) is 17.7 Å². The van der Waals surface area contributed by atoms with Crippen molar-refractivity contribution in [2.24, 2.45) is 0 Å². The summed E-state index contributed by atoms with van der Waals surface area (Å²) in [7, 11) is 1.67. The zero-order valence-electron chi connectivity index (χ0n) is 18.4. The molecule has 5 nitrogen and oxygen atoms in total. The molecule has 1 aromatic heterocycles. The van der Waals surface area contributed by atoms with Gasteiger partial charge in [-0.05, 0) is 49.6 Å². The maximum atomic E-state index is 12.8. The minimum atomic E-state index is -0.0835. The van der Waals surface area contributed by atoms with Crippen LogP contribution in [0.15, 0.2) is 52.9 Å². The van der Waals surface area contributed by atoms with Crippen LogP contribution in [0.2, 0.25) is 0 Å². The van der Waals surface area contributed by atoms with Crippen LogP contribution < -0.4 is 14.8 Å². The second-order valence-corrected chi connectivity index (χ2v) is 8.34. The minimum absolute atomic E-state index is 0.0121. The van der Waals surface area contributed by atoms with Gasteiger partial charge in [-0.15, -0.1) is 0 Å².